The van der Waals surface area contributed by atoms with Gasteiger partial charge >= 0.3 is 0 Å². The van der Waals surface area contributed by atoms with Crippen molar-refractivity contribution in [3.8, 4) is 0 Å². The molecule has 6 aliphatic carbocycles. The molecule has 298 valence electrons. The van der Waals surface area contributed by atoms with Crippen LogP contribution in [-0.2, 0) is 44.9 Å². The van der Waals surface area contributed by atoms with E-state index in [4.69, 9.17) is 0 Å². The van der Waals surface area contributed by atoms with E-state index in [1.54, 1.807) is 0 Å². The van der Waals surface area contributed by atoms with Crippen molar-refractivity contribution < 1.29 is 19.2 Å². The molecule has 8 rings (SSSR count). The van der Waals surface area contributed by atoms with E-state index in [1.807, 2.05) is 0 Å². The summed E-state index contributed by atoms with van der Waals surface area (Å²) in [5.41, 5.74) is 6.00. The topological polar surface area (TPSA) is 68.3 Å². The minimum atomic E-state index is -1.30. The molecule has 0 heterocycles. The molecule has 0 aromatic heterocycles. The highest BCUT2D eigenvalue weighted by Gasteiger charge is 2.96. The molecule has 56 heavy (non-hydrogen) atoms. The number of unbranched alkanes of at least 4 members (excludes halogenated alkanes) is 12. The lowest BCUT2D eigenvalue weighted by atomic mass is 9.52. The van der Waals surface area contributed by atoms with Crippen LogP contribution in [0.4, 0.5) is 0 Å². The van der Waals surface area contributed by atoms with Gasteiger partial charge in [-0.15, -0.1) is 0 Å². The van der Waals surface area contributed by atoms with Crippen LogP contribution in [0.25, 0.3) is 0 Å². The van der Waals surface area contributed by atoms with E-state index >= 15 is 4.79 Å². The van der Waals surface area contributed by atoms with Crippen LogP contribution in [-0.4, -0.2) is 23.1 Å². The molecule has 2 spiro atoms. The third-order valence-electron chi connectivity index (χ3n) is 14.6. The van der Waals surface area contributed by atoms with Crippen LogP contribution in [0.3, 0.4) is 0 Å². The number of ketones is 4. The van der Waals surface area contributed by atoms with Crippen molar-refractivity contribution in [2.24, 2.45) is 22.7 Å². The second-order valence-corrected chi connectivity index (χ2v) is 17.9. The minimum Gasteiger partial charge on any atom is -0.294 e. The second kappa shape index (κ2) is 17.5. The van der Waals surface area contributed by atoms with Gasteiger partial charge in [0.05, 0.1) is 10.8 Å². The number of hydrogen-bond donors (Lipinski definition) is 0. The first-order valence-electron chi connectivity index (χ1n) is 22.8. The number of benzene rings is 2. The zero-order valence-corrected chi connectivity index (χ0v) is 34.9. The quantitative estimate of drug-likeness (QED) is 0.0886. The van der Waals surface area contributed by atoms with Crippen molar-refractivity contribution in [2.75, 3.05) is 0 Å². The van der Waals surface area contributed by atoms with Gasteiger partial charge in [-0.05, 0) is 121 Å². The molecule has 0 saturated heterocycles. The molecule has 0 N–H and O–H groups in total. The minimum absolute atomic E-state index is 0.0218. The largest absolute Gasteiger partial charge is 0.294 e. The summed E-state index contributed by atoms with van der Waals surface area (Å²) < 4.78 is 0. The summed E-state index contributed by atoms with van der Waals surface area (Å²) in [5, 5.41) is 0. The predicted octanol–water partition coefficient (Wildman–Crippen LogP) is 12.0. The van der Waals surface area contributed by atoms with Crippen molar-refractivity contribution >= 4 is 23.1 Å². The number of allylic oxidation sites excluding steroid dienone is 6. The van der Waals surface area contributed by atoms with Crippen LogP contribution in [0.15, 0.2) is 71.8 Å². The SMILES string of the molecule is CCCCCCc1ccc(CCCCCC)c(C2C3[C@]45C(=O)C=CC(=O)[C@]34[C@@H](c3cc(CCCCCC)ccc3CCCCCC)[C@H]2C2=C5C(=O)C=CC2=O)c1. The molecular weight excluding hydrogens is 689 g/mol. The summed E-state index contributed by atoms with van der Waals surface area (Å²) in [6.07, 6.45) is 28.1. The lowest BCUT2D eigenvalue weighted by Gasteiger charge is -2.47. The van der Waals surface area contributed by atoms with Gasteiger partial charge in [0.1, 0.15) is 0 Å². The Labute approximate surface area is 337 Å². The maximum atomic E-state index is 15.1. The molecular formula is C52H66O4. The van der Waals surface area contributed by atoms with Gasteiger partial charge in [-0.3, -0.25) is 19.2 Å². The Hall–Kier alpha value is -3.66. The Bertz CT molecular complexity index is 1920. The Morgan fingerprint density at radius 1 is 0.482 bits per heavy atom. The summed E-state index contributed by atoms with van der Waals surface area (Å²) in [4.78, 5) is 58.6. The number of carbonyl (C=O) groups excluding carboxylic acids is 4. The standard InChI is InChI=1S/C52H66O4/c1-5-9-13-17-21-35-25-27-37(23-19-15-11-7-3)39(33-35)45-47-46-41(53)29-30-42(54)49(46)52-44(56)32-31-43(55)51(52,50(45)52)48(47)40-34-36(22-18-14-10-6-2)26-28-38(40)24-20-16-12-8-4/h25-34,45,47-48,50H,5-24H2,1-4H3/t45?,47-,48+,50?,51+,52-/m1/s1. The first-order chi connectivity index (χ1) is 27.3. The average Bonchev–Trinajstić information content (AvgIpc) is 3.77. The third-order valence-corrected chi connectivity index (χ3v) is 14.6. The zero-order chi connectivity index (χ0) is 39.5. The van der Waals surface area contributed by atoms with Crippen molar-refractivity contribution in [2.45, 2.75) is 168 Å². The molecule has 0 radical (unpaired) electrons. The van der Waals surface area contributed by atoms with Gasteiger partial charge in [0.2, 0.25) is 0 Å². The molecule has 2 unspecified atom stereocenters. The van der Waals surface area contributed by atoms with Crippen LogP contribution < -0.4 is 0 Å². The monoisotopic (exact) mass is 754 g/mol. The summed E-state index contributed by atoms with van der Waals surface area (Å²) in [6.45, 7) is 8.96. The summed E-state index contributed by atoms with van der Waals surface area (Å²) in [7, 11) is 0. The Balaban J connectivity index is 1.44. The molecule has 2 saturated carbocycles. The van der Waals surface area contributed by atoms with Crippen molar-refractivity contribution in [1.29, 1.82) is 0 Å². The maximum absolute atomic E-state index is 15.1. The lowest BCUT2D eigenvalue weighted by Crippen LogP contribution is -2.49. The molecule has 6 aliphatic rings. The van der Waals surface area contributed by atoms with Crippen molar-refractivity contribution in [3.63, 3.8) is 0 Å². The first kappa shape index (κ1) is 40.5. The van der Waals surface area contributed by atoms with Gasteiger partial charge < -0.3 is 0 Å². The van der Waals surface area contributed by atoms with E-state index in [-0.39, 0.29) is 46.8 Å². The van der Waals surface area contributed by atoms with E-state index < -0.39 is 10.8 Å². The third kappa shape index (κ3) is 6.69. The predicted molar refractivity (Wildman–Crippen MR) is 227 cm³/mol. The molecule has 6 atom stereocenters. The van der Waals surface area contributed by atoms with Crippen molar-refractivity contribution in [1.82, 2.24) is 0 Å². The molecule has 2 aromatic rings. The van der Waals surface area contributed by atoms with Crippen molar-refractivity contribution in [3.05, 3.63) is 105 Å². The zero-order valence-electron chi connectivity index (χ0n) is 34.9. The molecule has 0 aliphatic heterocycles. The van der Waals surface area contributed by atoms with E-state index in [2.05, 4.69) is 64.1 Å². The number of carbonyl (C=O) groups is 4. The molecule has 0 amide bonds. The molecule has 4 heteroatoms. The van der Waals surface area contributed by atoms with E-state index in [9.17, 15) is 14.4 Å². The fraction of sp³-hybridized carbons (Fsp3) is 0.577. The fourth-order valence-electron chi connectivity index (χ4n) is 12.1. The van der Waals surface area contributed by atoms with Crippen LogP contribution in [0.1, 0.15) is 176 Å². The maximum Gasteiger partial charge on any atom is 0.183 e. The fourth-order valence-corrected chi connectivity index (χ4v) is 12.1. The summed E-state index contributed by atoms with van der Waals surface area (Å²) in [5.74, 6) is -1.83. The highest BCUT2D eigenvalue weighted by molar-refractivity contribution is 6.30. The van der Waals surface area contributed by atoms with Gasteiger partial charge in [0.15, 0.2) is 23.1 Å². The van der Waals surface area contributed by atoms with E-state index in [0.717, 1.165) is 76.2 Å². The van der Waals surface area contributed by atoms with Gasteiger partial charge in [-0.1, -0.05) is 141 Å². The van der Waals surface area contributed by atoms with Gasteiger partial charge in [-0.2, -0.15) is 0 Å². The molecule has 4 bridgehead atoms. The van der Waals surface area contributed by atoms with Crippen LogP contribution in [0.5, 0.6) is 0 Å². The highest BCUT2D eigenvalue weighted by atomic mass is 16.2. The number of hydrogen-bond acceptors (Lipinski definition) is 4. The van der Waals surface area contributed by atoms with E-state index in [0.29, 0.717) is 11.1 Å². The van der Waals surface area contributed by atoms with Gasteiger partial charge in [-0.25, -0.2) is 0 Å². The number of aryl methyl sites for hydroxylation is 4. The smallest absolute Gasteiger partial charge is 0.183 e. The normalized spacial score (nSPS) is 27.0. The first-order valence-corrected chi connectivity index (χ1v) is 22.8. The molecule has 2 fully saturated rings. The summed E-state index contributed by atoms with van der Waals surface area (Å²) >= 11 is 0. The molecule has 4 nitrogen and oxygen atoms in total. The van der Waals surface area contributed by atoms with Gasteiger partial charge in [0, 0.05) is 23.0 Å². The Morgan fingerprint density at radius 3 is 1.52 bits per heavy atom. The number of rotatable bonds is 22. The Morgan fingerprint density at radius 2 is 0.964 bits per heavy atom. The average molecular weight is 755 g/mol. The van der Waals surface area contributed by atoms with Gasteiger partial charge in [0.25, 0.3) is 0 Å². The summed E-state index contributed by atoms with van der Waals surface area (Å²) in [6, 6.07) is 14.0. The lowest BCUT2D eigenvalue weighted by molar-refractivity contribution is -0.131. The Kier molecular flexibility index (Phi) is 12.6. The van der Waals surface area contributed by atoms with E-state index in [1.165, 1.54) is 110 Å². The second-order valence-electron chi connectivity index (χ2n) is 17.9. The van der Waals surface area contributed by atoms with Crippen LogP contribution in [0.2, 0.25) is 0 Å². The van der Waals surface area contributed by atoms with Crippen LogP contribution in [0, 0.1) is 22.7 Å². The van der Waals surface area contributed by atoms with Crippen LogP contribution >= 0.6 is 0 Å². The molecule has 2 aromatic carbocycles. The highest BCUT2D eigenvalue weighted by Crippen LogP contribution is 2.93.